The number of hydrogen-bond acceptors (Lipinski definition) is 8. The molecule has 0 radical (unpaired) electrons. The molecule has 0 N–H and O–H groups in total. The van der Waals surface area contributed by atoms with E-state index >= 15 is 0 Å². The number of rotatable bonds is 2. The zero-order chi connectivity index (χ0) is 21.9. The van der Waals surface area contributed by atoms with Crippen LogP contribution < -0.4 is 9.47 Å². The van der Waals surface area contributed by atoms with Crippen LogP contribution in [-0.2, 0) is 9.59 Å². The van der Waals surface area contributed by atoms with Gasteiger partial charge in [-0.3, -0.25) is 14.4 Å². The maximum Gasteiger partial charge on any atom is 0.309 e. The maximum atomic E-state index is 12.1. The fraction of sp³-hybridized carbons (Fsp3) is 0.136. The number of carbonyl (C=O) groups is 3. The highest BCUT2D eigenvalue weighted by atomic mass is 32.1. The molecule has 5 aromatic rings. The van der Waals surface area contributed by atoms with Crippen LogP contribution in [0, 0.1) is 0 Å². The van der Waals surface area contributed by atoms with Crippen molar-refractivity contribution in [3.63, 3.8) is 0 Å². The Kier molecular flexibility index (Phi) is 4.23. The van der Waals surface area contributed by atoms with Gasteiger partial charge in [-0.15, -0.1) is 11.3 Å². The van der Waals surface area contributed by atoms with Crippen LogP contribution in [0.15, 0.2) is 36.4 Å². The van der Waals surface area contributed by atoms with Gasteiger partial charge in [0.2, 0.25) is 11.8 Å². The lowest BCUT2D eigenvalue weighted by atomic mass is 10.0. The number of ether oxygens (including phenoxy) is 2. The van der Waals surface area contributed by atoms with E-state index < -0.39 is 17.8 Å². The second kappa shape index (κ2) is 6.85. The molecule has 0 atom stereocenters. The van der Waals surface area contributed by atoms with E-state index in [2.05, 4.69) is 5.10 Å². The normalized spacial score (nSPS) is 11.5. The van der Waals surface area contributed by atoms with Gasteiger partial charge >= 0.3 is 11.9 Å². The van der Waals surface area contributed by atoms with Gasteiger partial charge in [0, 0.05) is 31.5 Å². The lowest BCUT2D eigenvalue weighted by molar-refractivity contribution is -0.132. The highest BCUT2D eigenvalue weighted by molar-refractivity contribution is 7.25. The SMILES string of the molecule is CC(=O)Oc1c2ccc3ccccc3c2nc2sc3c(OC(C)=O)n(C(C)=O)nc3c12. The molecular formula is C22H15N3O5S. The Labute approximate surface area is 179 Å². The minimum atomic E-state index is -0.578. The van der Waals surface area contributed by atoms with E-state index in [1.807, 2.05) is 36.4 Å². The average Bonchev–Trinajstić information content (AvgIpc) is 3.23. The number of aromatic nitrogens is 3. The number of thiophene rings is 1. The second-order valence-electron chi connectivity index (χ2n) is 7.01. The third-order valence-corrected chi connectivity index (χ3v) is 5.88. The fourth-order valence-electron chi connectivity index (χ4n) is 3.66. The van der Waals surface area contributed by atoms with Gasteiger partial charge in [0.15, 0.2) is 5.75 Å². The van der Waals surface area contributed by atoms with Gasteiger partial charge in [-0.2, -0.15) is 9.78 Å². The third kappa shape index (κ3) is 2.93. The summed E-state index contributed by atoms with van der Waals surface area (Å²) in [5, 5.41) is 7.41. The van der Waals surface area contributed by atoms with Gasteiger partial charge in [-0.1, -0.05) is 30.3 Å². The Morgan fingerprint density at radius 1 is 0.903 bits per heavy atom. The molecule has 2 aromatic carbocycles. The summed E-state index contributed by atoms with van der Waals surface area (Å²) >= 11 is 1.22. The minimum Gasteiger partial charge on any atom is -0.425 e. The first-order valence-corrected chi connectivity index (χ1v) is 10.2. The molecule has 31 heavy (non-hydrogen) atoms. The van der Waals surface area contributed by atoms with Crippen molar-refractivity contribution >= 4 is 71.3 Å². The lowest BCUT2D eigenvalue weighted by Crippen LogP contribution is -2.13. The second-order valence-corrected chi connectivity index (χ2v) is 8.01. The van der Waals surface area contributed by atoms with Crippen LogP contribution in [0.3, 0.4) is 0 Å². The van der Waals surface area contributed by atoms with E-state index in [4.69, 9.17) is 14.5 Å². The van der Waals surface area contributed by atoms with Crippen LogP contribution in [0.2, 0.25) is 0 Å². The zero-order valence-electron chi connectivity index (χ0n) is 16.8. The summed E-state index contributed by atoms with van der Waals surface area (Å²) in [5.41, 5.74) is 1.06. The van der Waals surface area contributed by atoms with Gasteiger partial charge in [0.1, 0.15) is 15.0 Å². The van der Waals surface area contributed by atoms with Crippen LogP contribution >= 0.6 is 11.3 Å². The standard InChI is InChI=1S/C22H15N3O5S/c1-10(26)25-22(30-12(3)28)20-18(24-25)16-19(29-11(2)27)15-9-8-13-6-4-5-7-14(13)17(15)23-21(16)31-20/h4-9H,1-3H3. The highest BCUT2D eigenvalue weighted by Crippen LogP contribution is 2.46. The van der Waals surface area contributed by atoms with Crippen molar-refractivity contribution in [2.24, 2.45) is 0 Å². The highest BCUT2D eigenvalue weighted by Gasteiger charge is 2.26. The summed E-state index contributed by atoms with van der Waals surface area (Å²) in [6.07, 6.45) is 0. The molecule has 0 unspecified atom stereocenters. The Bertz CT molecular complexity index is 1580. The van der Waals surface area contributed by atoms with Crippen molar-refractivity contribution in [3.05, 3.63) is 36.4 Å². The molecule has 9 heteroatoms. The molecule has 154 valence electrons. The molecule has 0 spiro atoms. The number of pyridine rings is 1. The molecular weight excluding hydrogens is 418 g/mol. The zero-order valence-corrected chi connectivity index (χ0v) is 17.6. The van der Waals surface area contributed by atoms with Crippen LogP contribution in [0.5, 0.6) is 11.6 Å². The first kappa shape index (κ1) is 19.1. The van der Waals surface area contributed by atoms with Gasteiger partial charge in [-0.25, -0.2) is 4.98 Å². The minimum absolute atomic E-state index is 0.0284. The quantitative estimate of drug-likeness (QED) is 0.299. The van der Waals surface area contributed by atoms with Crippen molar-refractivity contribution in [3.8, 4) is 11.6 Å². The van der Waals surface area contributed by atoms with Crippen molar-refractivity contribution in [2.75, 3.05) is 0 Å². The maximum absolute atomic E-state index is 12.1. The average molecular weight is 433 g/mol. The molecule has 5 rings (SSSR count). The molecule has 3 aromatic heterocycles. The Morgan fingerprint density at radius 3 is 2.35 bits per heavy atom. The smallest absolute Gasteiger partial charge is 0.309 e. The van der Waals surface area contributed by atoms with Crippen LogP contribution in [0.4, 0.5) is 0 Å². The van der Waals surface area contributed by atoms with Gasteiger partial charge in [0.05, 0.1) is 10.9 Å². The van der Waals surface area contributed by atoms with Gasteiger partial charge in [0.25, 0.3) is 0 Å². The third-order valence-electron chi connectivity index (χ3n) is 4.82. The van der Waals surface area contributed by atoms with E-state index in [9.17, 15) is 14.4 Å². The Balaban J connectivity index is 1.97. The predicted octanol–water partition coefficient (Wildman–Crippen LogP) is 4.46. The molecule has 0 saturated heterocycles. The number of carbonyl (C=O) groups excluding carboxylic acids is 3. The monoisotopic (exact) mass is 433 g/mol. The topological polar surface area (TPSA) is 100 Å². The van der Waals surface area contributed by atoms with Crippen molar-refractivity contribution < 1.29 is 23.9 Å². The van der Waals surface area contributed by atoms with E-state index in [1.165, 1.54) is 32.1 Å². The molecule has 0 fully saturated rings. The molecule has 0 saturated carbocycles. The van der Waals surface area contributed by atoms with Gasteiger partial charge < -0.3 is 9.47 Å². The summed E-state index contributed by atoms with van der Waals surface area (Å²) in [5.74, 6) is -1.15. The Hall–Kier alpha value is -3.85. The molecule has 8 nitrogen and oxygen atoms in total. The van der Waals surface area contributed by atoms with E-state index in [0.29, 0.717) is 37.1 Å². The summed E-state index contributed by atoms with van der Waals surface area (Å²) in [6, 6.07) is 11.6. The molecule has 0 aliphatic rings. The molecule has 3 heterocycles. The molecule has 0 bridgehead atoms. The first-order valence-electron chi connectivity index (χ1n) is 9.39. The van der Waals surface area contributed by atoms with Crippen LogP contribution in [0.25, 0.3) is 42.1 Å². The summed E-state index contributed by atoms with van der Waals surface area (Å²) in [4.78, 5) is 41.1. The Morgan fingerprint density at radius 2 is 1.65 bits per heavy atom. The largest absolute Gasteiger partial charge is 0.425 e. The van der Waals surface area contributed by atoms with Crippen molar-refractivity contribution in [1.82, 2.24) is 14.8 Å². The van der Waals surface area contributed by atoms with Gasteiger partial charge in [-0.05, 0) is 11.5 Å². The number of hydrogen-bond donors (Lipinski definition) is 0. The van der Waals surface area contributed by atoms with E-state index in [1.54, 1.807) is 0 Å². The van der Waals surface area contributed by atoms with Crippen molar-refractivity contribution in [1.29, 1.82) is 0 Å². The number of fused-ring (bicyclic) bond motifs is 6. The molecule has 0 aliphatic carbocycles. The molecule has 0 amide bonds. The summed E-state index contributed by atoms with van der Waals surface area (Å²) in [6.45, 7) is 3.89. The van der Waals surface area contributed by atoms with E-state index in [0.717, 1.165) is 15.5 Å². The fourth-order valence-corrected chi connectivity index (χ4v) is 4.74. The number of esters is 2. The summed E-state index contributed by atoms with van der Waals surface area (Å²) < 4.78 is 12.4. The van der Waals surface area contributed by atoms with Crippen LogP contribution in [0.1, 0.15) is 25.6 Å². The summed E-state index contributed by atoms with van der Waals surface area (Å²) in [7, 11) is 0. The predicted molar refractivity (Wildman–Crippen MR) is 117 cm³/mol. The van der Waals surface area contributed by atoms with Crippen LogP contribution in [-0.4, -0.2) is 32.6 Å². The first-order chi connectivity index (χ1) is 14.8. The number of benzene rings is 2. The van der Waals surface area contributed by atoms with E-state index in [-0.39, 0.29) is 5.88 Å². The lowest BCUT2D eigenvalue weighted by Gasteiger charge is -2.10. The number of nitrogens with zero attached hydrogens (tertiary/aromatic N) is 3. The molecule has 0 aliphatic heterocycles. The van der Waals surface area contributed by atoms with Crippen molar-refractivity contribution in [2.45, 2.75) is 20.8 Å².